The third-order valence-electron chi connectivity index (χ3n) is 2.48. The van der Waals surface area contributed by atoms with Crippen molar-refractivity contribution < 1.29 is 14.5 Å². The van der Waals surface area contributed by atoms with Gasteiger partial charge in [0, 0.05) is 18.3 Å². The number of nitro benzene ring substituents is 1. The fourth-order valence-electron chi connectivity index (χ4n) is 1.56. The highest BCUT2D eigenvalue weighted by molar-refractivity contribution is 6.32. The average Bonchev–Trinajstić information content (AvgIpc) is 2.88. The number of ether oxygens (including phenoxy) is 1. The van der Waals surface area contributed by atoms with Crippen molar-refractivity contribution in [3.8, 4) is 5.69 Å². The first kappa shape index (κ1) is 14.0. The molecule has 0 atom stereocenters. The molecule has 0 aliphatic carbocycles. The van der Waals surface area contributed by atoms with Gasteiger partial charge in [0.1, 0.15) is 0 Å². The summed E-state index contributed by atoms with van der Waals surface area (Å²) >= 11 is 5.99. The van der Waals surface area contributed by atoms with Crippen molar-refractivity contribution in [1.29, 1.82) is 0 Å². The van der Waals surface area contributed by atoms with Crippen molar-refractivity contribution in [1.82, 2.24) is 9.78 Å². The summed E-state index contributed by atoms with van der Waals surface area (Å²) in [5.41, 5.74) is 0.448. The fourth-order valence-corrected chi connectivity index (χ4v) is 1.77. The molecule has 1 aromatic heterocycles. The number of esters is 1. The highest BCUT2D eigenvalue weighted by Crippen LogP contribution is 2.25. The van der Waals surface area contributed by atoms with E-state index in [2.05, 4.69) is 5.10 Å². The molecule has 1 heterocycles. The Morgan fingerprint density at radius 3 is 2.95 bits per heavy atom. The summed E-state index contributed by atoms with van der Waals surface area (Å²) in [6.45, 7) is 1.95. The van der Waals surface area contributed by atoms with E-state index in [0.717, 1.165) is 0 Å². The van der Waals surface area contributed by atoms with Gasteiger partial charge < -0.3 is 4.74 Å². The van der Waals surface area contributed by atoms with Crippen LogP contribution in [-0.4, -0.2) is 27.3 Å². The van der Waals surface area contributed by atoms with E-state index in [1.54, 1.807) is 6.92 Å². The Balaban J connectivity index is 2.39. The molecule has 0 bridgehead atoms. The number of halogens is 1. The van der Waals surface area contributed by atoms with Crippen LogP contribution in [0, 0.1) is 10.1 Å². The lowest BCUT2D eigenvalue weighted by Crippen LogP contribution is -2.03. The van der Waals surface area contributed by atoms with Crippen LogP contribution in [0.3, 0.4) is 0 Å². The van der Waals surface area contributed by atoms with Gasteiger partial charge in [-0.2, -0.15) is 5.10 Å². The number of rotatable bonds is 4. The van der Waals surface area contributed by atoms with Crippen molar-refractivity contribution >= 4 is 23.3 Å². The molecule has 20 heavy (non-hydrogen) atoms. The first-order valence-electron chi connectivity index (χ1n) is 5.69. The van der Waals surface area contributed by atoms with Crippen molar-refractivity contribution in [3.63, 3.8) is 0 Å². The van der Waals surface area contributed by atoms with Crippen LogP contribution in [-0.2, 0) is 4.74 Å². The summed E-state index contributed by atoms with van der Waals surface area (Å²) in [6, 6.07) is 3.98. The molecule has 0 fully saturated rings. The van der Waals surface area contributed by atoms with Crippen LogP contribution in [0.4, 0.5) is 5.69 Å². The Labute approximate surface area is 118 Å². The van der Waals surface area contributed by atoms with Gasteiger partial charge in [0.15, 0.2) is 0 Å². The van der Waals surface area contributed by atoms with E-state index in [-0.39, 0.29) is 22.9 Å². The van der Waals surface area contributed by atoms with Crippen molar-refractivity contribution in [2.45, 2.75) is 6.92 Å². The van der Waals surface area contributed by atoms with Crippen LogP contribution >= 0.6 is 11.6 Å². The molecule has 0 spiro atoms. The summed E-state index contributed by atoms with van der Waals surface area (Å²) in [5, 5.41) is 15.0. The van der Waals surface area contributed by atoms with Crippen LogP contribution in [0.5, 0.6) is 0 Å². The second-order valence-corrected chi connectivity index (χ2v) is 4.19. The van der Waals surface area contributed by atoms with Crippen molar-refractivity contribution in [3.05, 3.63) is 51.3 Å². The van der Waals surface area contributed by atoms with Gasteiger partial charge in [-0.15, -0.1) is 0 Å². The van der Waals surface area contributed by atoms with Crippen LogP contribution in [0.2, 0.25) is 5.02 Å². The van der Waals surface area contributed by atoms with E-state index in [1.165, 1.54) is 35.3 Å². The Morgan fingerprint density at radius 2 is 2.30 bits per heavy atom. The molecule has 8 heteroatoms. The first-order valence-corrected chi connectivity index (χ1v) is 6.07. The predicted octanol–water partition coefficient (Wildman–Crippen LogP) is 2.61. The number of nitrogens with zero attached hydrogens (tertiary/aromatic N) is 3. The minimum atomic E-state index is -0.532. The minimum Gasteiger partial charge on any atom is -0.462 e. The molecule has 0 saturated carbocycles. The molecule has 1 aromatic carbocycles. The van der Waals surface area contributed by atoms with Crippen LogP contribution in [0.25, 0.3) is 5.69 Å². The third-order valence-corrected chi connectivity index (χ3v) is 2.80. The maximum absolute atomic E-state index is 11.5. The highest BCUT2D eigenvalue weighted by Gasteiger charge is 2.14. The maximum atomic E-state index is 11.5. The molecule has 7 nitrogen and oxygen atoms in total. The van der Waals surface area contributed by atoms with Gasteiger partial charge in [-0.3, -0.25) is 10.1 Å². The summed E-state index contributed by atoms with van der Waals surface area (Å²) < 4.78 is 6.13. The number of non-ortho nitro benzene ring substituents is 1. The fraction of sp³-hybridized carbons (Fsp3) is 0.167. The molecule has 0 aliphatic rings. The number of benzene rings is 1. The lowest BCUT2D eigenvalue weighted by molar-refractivity contribution is -0.384. The van der Waals surface area contributed by atoms with Crippen molar-refractivity contribution in [2.75, 3.05) is 6.61 Å². The smallest absolute Gasteiger partial charge is 0.341 e. The van der Waals surface area contributed by atoms with E-state index in [1.807, 2.05) is 0 Å². The summed E-state index contributed by atoms with van der Waals surface area (Å²) in [5.74, 6) is -0.514. The van der Waals surface area contributed by atoms with Gasteiger partial charge >= 0.3 is 5.97 Å². The topological polar surface area (TPSA) is 87.3 Å². The molecular weight excluding hydrogens is 286 g/mol. The largest absolute Gasteiger partial charge is 0.462 e. The monoisotopic (exact) mass is 295 g/mol. The van der Waals surface area contributed by atoms with Crippen LogP contribution in [0.1, 0.15) is 17.3 Å². The van der Waals surface area contributed by atoms with E-state index < -0.39 is 10.9 Å². The first-order chi connectivity index (χ1) is 9.52. The molecule has 104 valence electrons. The Hall–Kier alpha value is -2.41. The second kappa shape index (κ2) is 5.70. The molecule has 0 N–H and O–H groups in total. The van der Waals surface area contributed by atoms with E-state index >= 15 is 0 Å². The minimum absolute atomic E-state index is 0.113. The van der Waals surface area contributed by atoms with Gasteiger partial charge in [0.25, 0.3) is 5.69 Å². The standard InChI is InChI=1S/C12H10ClN3O4/c1-2-20-12(17)8-6-14-15(7-8)11-5-9(16(18)19)3-4-10(11)13/h3-7H,2H2,1H3. The summed E-state index contributed by atoms with van der Waals surface area (Å²) in [6.07, 6.45) is 2.72. The van der Waals surface area contributed by atoms with Gasteiger partial charge in [-0.1, -0.05) is 11.6 Å². The molecule has 0 aliphatic heterocycles. The zero-order chi connectivity index (χ0) is 14.7. The lowest BCUT2D eigenvalue weighted by atomic mass is 10.3. The lowest BCUT2D eigenvalue weighted by Gasteiger charge is -2.03. The number of carbonyl (C=O) groups excluding carboxylic acids is 1. The Morgan fingerprint density at radius 1 is 1.55 bits per heavy atom. The molecule has 2 aromatic rings. The number of carbonyl (C=O) groups is 1. The maximum Gasteiger partial charge on any atom is 0.341 e. The highest BCUT2D eigenvalue weighted by atomic mass is 35.5. The third kappa shape index (κ3) is 2.77. The number of aromatic nitrogens is 2. The number of nitro groups is 1. The van der Waals surface area contributed by atoms with Gasteiger partial charge in [0.05, 0.1) is 34.0 Å². The van der Waals surface area contributed by atoms with E-state index in [9.17, 15) is 14.9 Å². The molecule has 2 rings (SSSR count). The zero-order valence-corrected chi connectivity index (χ0v) is 11.2. The quantitative estimate of drug-likeness (QED) is 0.491. The molecule has 0 unspecified atom stereocenters. The van der Waals surface area contributed by atoms with Crippen LogP contribution < -0.4 is 0 Å². The normalized spacial score (nSPS) is 10.3. The molecular formula is C12H10ClN3O4. The Bertz CT molecular complexity index is 668. The second-order valence-electron chi connectivity index (χ2n) is 3.79. The Kier molecular flexibility index (Phi) is 3.99. The molecule has 0 radical (unpaired) electrons. The van der Waals surface area contributed by atoms with Gasteiger partial charge in [-0.05, 0) is 13.0 Å². The number of hydrogen-bond donors (Lipinski definition) is 0. The van der Waals surface area contributed by atoms with Crippen molar-refractivity contribution in [2.24, 2.45) is 0 Å². The van der Waals surface area contributed by atoms with E-state index in [4.69, 9.17) is 16.3 Å². The zero-order valence-electron chi connectivity index (χ0n) is 10.4. The van der Waals surface area contributed by atoms with Gasteiger partial charge in [-0.25, -0.2) is 9.48 Å². The SMILES string of the molecule is CCOC(=O)c1cnn(-c2cc([N+](=O)[O-])ccc2Cl)c1. The van der Waals surface area contributed by atoms with Gasteiger partial charge in [0.2, 0.25) is 0 Å². The summed E-state index contributed by atoms with van der Waals surface area (Å²) in [7, 11) is 0. The van der Waals surface area contributed by atoms with E-state index in [0.29, 0.717) is 5.69 Å². The van der Waals surface area contributed by atoms with Crippen LogP contribution in [0.15, 0.2) is 30.6 Å². The predicted molar refractivity (Wildman–Crippen MR) is 71.2 cm³/mol. The summed E-state index contributed by atoms with van der Waals surface area (Å²) in [4.78, 5) is 21.8. The average molecular weight is 296 g/mol. The molecule has 0 amide bonds. The molecule has 0 saturated heterocycles. The number of hydrogen-bond acceptors (Lipinski definition) is 5.